The minimum absolute atomic E-state index is 0.781. The average molecular weight is 503 g/mol. The van der Waals surface area contributed by atoms with Crippen LogP contribution in [0.1, 0.15) is 0 Å². The Hall–Kier alpha value is -4.70. The van der Waals surface area contributed by atoms with Gasteiger partial charge in [-0.15, -0.1) is 0 Å². The van der Waals surface area contributed by atoms with E-state index in [1.54, 1.807) is 28.4 Å². The molecule has 0 amide bonds. The Morgan fingerprint density at radius 1 is 0.316 bits per heavy atom. The van der Waals surface area contributed by atoms with Gasteiger partial charge in [0.1, 0.15) is 23.0 Å². The summed E-state index contributed by atoms with van der Waals surface area (Å²) in [5.41, 5.74) is 8.08. The average Bonchev–Trinajstić information content (AvgIpc) is 3.00. The molecule has 0 aliphatic rings. The lowest BCUT2D eigenvalue weighted by Crippen LogP contribution is -1.95. The molecule has 0 atom stereocenters. The van der Waals surface area contributed by atoms with Gasteiger partial charge >= 0.3 is 0 Å². The van der Waals surface area contributed by atoms with Gasteiger partial charge in [0.25, 0.3) is 0 Å². The van der Waals surface area contributed by atoms with Crippen LogP contribution in [0.3, 0.4) is 0 Å². The predicted molar refractivity (Wildman–Crippen MR) is 154 cm³/mol. The first-order valence-electron chi connectivity index (χ1n) is 12.4. The second-order valence-corrected chi connectivity index (χ2v) is 8.81. The fraction of sp³-hybridized carbons (Fsp3) is 0.118. The molecule has 0 aliphatic heterocycles. The summed E-state index contributed by atoms with van der Waals surface area (Å²) in [6, 6.07) is 36.8. The lowest BCUT2D eigenvalue weighted by Gasteiger charge is -2.17. The molecule has 0 spiro atoms. The Morgan fingerprint density at radius 2 is 0.553 bits per heavy atom. The van der Waals surface area contributed by atoms with E-state index in [0.29, 0.717) is 0 Å². The maximum absolute atomic E-state index is 5.81. The van der Waals surface area contributed by atoms with Crippen molar-refractivity contribution in [2.45, 2.75) is 0 Å². The van der Waals surface area contributed by atoms with Gasteiger partial charge in [0.15, 0.2) is 0 Å². The maximum Gasteiger partial charge on any atom is 0.127 e. The van der Waals surface area contributed by atoms with Gasteiger partial charge in [-0.2, -0.15) is 0 Å². The number of ether oxygens (including phenoxy) is 4. The topological polar surface area (TPSA) is 36.9 Å². The van der Waals surface area contributed by atoms with Gasteiger partial charge < -0.3 is 18.9 Å². The molecule has 5 aromatic carbocycles. The largest absolute Gasteiger partial charge is 0.496 e. The molecule has 5 rings (SSSR count). The van der Waals surface area contributed by atoms with Gasteiger partial charge in [-0.1, -0.05) is 84.9 Å². The number of rotatable bonds is 8. The monoisotopic (exact) mass is 502 g/mol. The highest BCUT2D eigenvalue weighted by atomic mass is 16.5. The van der Waals surface area contributed by atoms with Crippen LogP contribution in [0, 0.1) is 0 Å². The van der Waals surface area contributed by atoms with Gasteiger partial charge in [-0.25, -0.2) is 0 Å². The fourth-order valence-corrected chi connectivity index (χ4v) is 4.76. The van der Waals surface area contributed by atoms with E-state index in [1.807, 2.05) is 60.7 Å². The van der Waals surface area contributed by atoms with E-state index in [0.717, 1.165) is 67.5 Å². The molecule has 0 unspecified atom stereocenters. The Bertz CT molecular complexity index is 1410. The van der Waals surface area contributed by atoms with Crippen molar-refractivity contribution in [3.05, 3.63) is 109 Å². The van der Waals surface area contributed by atoms with E-state index < -0.39 is 0 Å². The first-order chi connectivity index (χ1) is 18.7. The van der Waals surface area contributed by atoms with Gasteiger partial charge in [-0.05, 0) is 46.5 Å². The molecule has 0 bridgehead atoms. The standard InChI is InChI=1S/C34H30O4/c1-35-31-21-29(33(37-3)19-27(31)23-11-7-5-8-12-23)25-15-17-26(18-16-25)30-22-32(36-2)28(20-34(30)38-4)24-13-9-6-10-14-24/h5-22H,1-4H3. The minimum Gasteiger partial charge on any atom is -0.496 e. The first-order valence-corrected chi connectivity index (χ1v) is 12.4. The number of hydrogen-bond donors (Lipinski definition) is 0. The van der Waals surface area contributed by atoms with Gasteiger partial charge in [0, 0.05) is 22.3 Å². The number of hydrogen-bond acceptors (Lipinski definition) is 4. The summed E-state index contributed by atoms with van der Waals surface area (Å²) in [7, 11) is 6.78. The van der Waals surface area contributed by atoms with E-state index in [-0.39, 0.29) is 0 Å². The highest BCUT2D eigenvalue weighted by Gasteiger charge is 2.17. The third kappa shape index (κ3) is 4.81. The van der Waals surface area contributed by atoms with Crippen molar-refractivity contribution >= 4 is 0 Å². The third-order valence-electron chi connectivity index (χ3n) is 6.72. The molecule has 0 heterocycles. The highest BCUT2D eigenvalue weighted by Crippen LogP contribution is 2.43. The van der Waals surface area contributed by atoms with Crippen LogP contribution in [0.25, 0.3) is 44.5 Å². The van der Waals surface area contributed by atoms with Crippen LogP contribution < -0.4 is 18.9 Å². The summed E-state index contributed by atoms with van der Waals surface area (Å²) in [5, 5.41) is 0. The molecule has 0 N–H and O–H groups in total. The smallest absolute Gasteiger partial charge is 0.127 e. The number of benzene rings is 5. The molecule has 0 aliphatic carbocycles. The normalized spacial score (nSPS) is 10.6. The molecule has 38 heavy (non-hydrogen) atoms. The molecule has 0 radical (unpaired) electrons. The molecule has 190 valence electrons. The summed E-state index contributed by atoms with van der Waals surface area (Å²) in [6.45, 7) is 0. The predicted octanol–water partition coefficient (Wildman–Crippen LogP) is 8.39. The fourth-order valence-electron chi connectivity index (χ4n) is 4.76. The van der Waals surface area contributed by atoms with Crippen LogP contribution in [0.4, 0.5) is 0 Å². The summed E-state index contributed by atoms with van der Waals surface area (Å²) in [6.07, 6.45) is 0. The zero-order valence-corrected chi connectivity index (χ0v) is 22.0. The Kier molecular flexibility index (Phi) is 7.32. The molecule has 0 aromatic heterocycles. The highest BCUT2D eigenvalue weighted by molar-refractivity contribution is 5.84. The molecule has 4 heteroatoms. The van der Waals surface area contributed by atoms with Crippen molar-refractivity contribution < 1.29 is 18.9 Å². The van der Waals surface area contributed by atoms with E-state index in [1.165, 1.54) is 0 Å². The van der Waals surface area contributed by atoms with Crippen molar-refractivity contribution in [2.24, 2.45) is 0 Å². The van der Waals surface area contributed by atoms with Crippen LogP contribution in [0.15, 0.2) is 109 Å². The molecule has 4 nitrogen and oxygen atoms in total. The van der Waals surface area contributed by atoms with Crippen molar-refractivity contribution in [1.29, 1.82) is 0 Å². The van der Waals surface area contributed by atoms with Gasteiger partial charge in [-0.3, -0.25) is 0 Å². The Morgan fingerprint density at radius 3 is 0.789 bits per heavy atom. The van der Waals surface area contributed by atoms with Gasteiger partial charge in [0.2, 0.25) is 0 Å². The first kappa shape index (κ1) is 25.0. The number of methoxy groups -OCH3 is 4. The van der Waals surface area contributed by atoms with Crippen LogP contribution in [-0.4, -0.2) is 28.4 Å². The van der Waals surface area contributed by atoms with E-state index in [2.05, 4.69) is 48.5 Å². The summed E-state index contributed by atoms with van der Waals surface area (Å²) in [5.74, 6) is 3.14. The second-order valence-electron chi connectivity index (χ2n) is 8.81. The Labute approximate surface area is 224 Å². The van der Waals surface area contributed by atoms with E-state index in [4.69, 9.17) is 18.9 Å². The van der Waals surface area contributed by atoms with Crippen molar-refractivity contribution in [3.8, 4) is 67.5 Å². The molecule has 0 fully saturated rings. The minimum atomic E-state index is 0.781. The van der Waals surface area contributed by atoms with Crippen LogP contribution in [0.5, 0.6) is 23.0 Å². The van der Waals surface area contributed by atoms with Crippen LogP contribution in [-0.2, 0) is 0 Å². The SMILES string of the molecule is COc1cc(-c2ccc(-c3cc(OC)c(-c4ccccc4)cc3OC)cc2)c(OC)cc1-c1ccccc1. The summed E-state index contributed by atoms with van der Waals surface area (Å²) in [4.78, 5) is 0. The molecule has 5 aromatic rings. The molecular weight excluding hydrogens is 472 g/mol. The van der Waals surface area contributed by atoms with Crippen molar-refractivity contribution in [1.82, 2.24) is 0 Å². The molecule has 0 saturated carbocycles. The zero-order chi connectivity index (χ0) is 26.5. The third-order valence-corrected chi connectivity index (χ3v) is 6.72. The maximum atomic E-state index is 5.81. The lowest BCUT2D eigenvalue weighted by atomic mass is 9.94. The van der Waals surface area contributed by atoms with E-state index >= 15 is 0 Å². The van der Waals surface area contributed by atoms with Crippen LogP contribution >= 0.6 is 0 Å². The van der Waals surface area contributed by atoms with Gasteiger partial charge in [0.05, 0.1) is 28.4 Å². The van der Waals surface area contributed by atoms with Crippen molar-refractivity contribution in [2.75, 3.05) is 28.4 Å². The molecule has 0 saturated heterocycles. The quantitative estimate of drug-likeness (QED) is 0.213. The van der Waals surface area contributed by atoms with Crippen molar-refractivity contribution in [3.63, 3.8) is 0 Å². The molecular formula is C34H30O4. The Balaban J connectivity index is 1.55. The van der Waals surface area contributed by atoms with E-state index in [9.17, 15) is 0 Å². The second kappa shape index (κ2) is 11.1. The summed E-state index contributed by atoms with van der Waals surface area (Å²) >= 11 is 0. The summed E-state index contributed by atoms with van der Waals surface area (Å²) < 4.78 is 23.2. The van der Waals surface area contributed by atoms with Crippen LogP contribution in [0.2, 0.25) is 0 Å². The zero-order valence-electron chi connectivity index (χ0n) is 22.0. The lowest BCUT2D eigenvalue weighted by molar-refractivity contribution is 0.406.